The van der Waals surface area contributed by atoms with Gasteiger partial charge in [0, 0.05) is 13.0 Å². The molecule has 1 atom stereocenters. The molecule has 0 aromatic carbocycles. The first-order valence-corrected chi connectivity index (χ1v) is 3.18. The van der Waals surface area contributed by atoms with Crippen molar-refractivity contribution in [3.8, 4) is 0 Å². The third-order valence-corrected chi connectivity index (χ3v) is 1.45. The first-order valence-electron chi connectivity index (χ1n) is 3.18. The Morgan fingerprint density at radius 3 is 3.00 bits per heavy atom. The summed E-state index contributed by atoms with van der Waals surface area (Å²) in [7, 11) is 0. The van der Waals surface area contributed by atoms with E-state index in [4.69, 9.17) is 0 Å². The smallest absolute Gasteiger partial charge is 0.170 e. The van der Waals surface area contributed by atoms with Crippen LogP contribution in [0.5, 0.6) is 0 Å². The van der Waals surface area contributed by atoms with Gasteiger partial charge in [0.15, 0.2) is 12.0 Å². The Labute approximate surface area is 65.6 Å². The molecular formula is C6H11ClFNO. The maximum Gasteiger partial charge on any atom is 0.170 e. The molecule has 1 rings (SSSR count). The molecule has 0 saturated carbocycles. The van der Waals surface area contributed by atoms with Gasteiger partial charge in [-0.15, -0.1) is 12.4 Å². The third-order valence-electron chi connectivity index (χ3n) is 1.45. The van der Waals surface area contributed by atoms with Crippen molar-refractivity contribution in [3.63, 3.8) is 0 Å². The first kappa shape index (κ1) is 9.85. The molecule has 0 spiro atoms. The van der Waals surface area contributed by atoms with E-state index in [2.05, 4.69) is 5.32 Å². The van der Waals surface area contributed by atoms with Gasteiger partial charge in [0.2, 0.25) is 0 Å². The van der Waals surface area contributed by atoms with Gasteiger partial charge in [-0.05, 0) is 13.0 Å². The molecule has 0 bridgehead atoms. The van der Waals surface area contributed by atoms with Gasteiger partial charge in [0.05, 0.1) is 0 Å². The average Bonchev–Trinajstić information content (AvgIpc) is 1.99. The molecule has 4 heteroatoms. The summed E-state index contributed by atoms with van der Waals surface area (Å²) in [6.07, 6.45) is -0.0829. The van der Waals surface area contributed by atoms with Crippen LogP contribution in [0.4, 0.5) is 4.39 Å². The van der Waals surface area contributed by atoms with E-state index in [1.54, 1.807) is 0 Å². The van der Waals surface area contributed by atoms with Crippen LogP contribution >= 0.6 is 12.4 Å². The highest BCUT2D eigenvalue weighted by Crippen LogP contribution is 2.02. The summed E-state index contributed by atoms with van der Waals surface area (Å²) in [5, 5.41) is 2.83. The molecule has 1 heterocycles. The fraction of sp³-hybridized carbons (Fsp3) is 0.833. The van der Waals surface area contributed by atoms with Crippen LogP contribution in [0, 0.1) is 0 Å². The van der Waals surface area contributed by atoms with Gasteiger partial charge in [-0.25, -0.2) is 4.39 Å². The van der Waals surface area contributed by atoms with Crippen LogP contribution in [-0.2, 0) is 4.79 Å². The normalized spacial score (nSPS) is 26.9. The van der Waals surface area contributed by atoms with E-state index in [9.17, 15) is 9.18 Å². The Bertz CT molecular complexity index is 120. The predicted octanol–water partition coefficient (Wildman–Crippen LogP) is 0.699. The maximum atomic E-state index is 12.4. The van der Waals surface area contributed by atoms with E-state index in [1.165, 1.54) is 0 Å². The standard InChI is InChI=1S/C6H10FNO.ClH/c7-5-4-8-3-1-2-6(5)9;/h5,8H,1-4H2;1H. The van der Waals surface area contributed by atoms with Crippen molar-refractivity contribution in [2.45, 2.75) is 19.0 Å². The zero-order chi connectivity index (χ0) is 6.69. The second-order valence-electron chi connectivity index (χ2n) is 2.24. The van der Waals surface area contributed by atoms with Crippen LogP contribution in [0.1, 0.15) is 12.8 Å². The molecule has 2 nitrogen and oxygen atoms in total. The minimum atomic E-state index is -1.26. The van der Waals surface area contributed by atoms with Crippen molar-refractivity contribution in [2.75, 3.05) is 13.1 Å². The molecule has 1 N–H and O–H groups in total. The van der Waals surface area contributed by atoms with Crippen LogP contribution in [0.3, 0.4) is 0 Å². The zero-order valence-corrected chi connectivity index (χ0v) is 6.42. The van der Waals surface area contributed by atoms with Crippen molar-refractivity contribution >= 4 is 18.2 Å². The van der Waals surface area contributed by atoms with E-state index >= 15 is 0 Å². The summed E-state index contributed by atoms with van der Waals surface area (Å²) in [6, 6.07) is 0. The van der Waals surface area contributed by atoms with Crippen molar-refractivity contribution < 1.29 is 9.18 Å². The van der Waals surface area contributed by atoms with Crippen LogP contribution in [-0.4, -0.2) is 25.0 Å². The van der Waals surface area contributed by atoms with Gasteiger partial charge in [0.25, 0.3) is 0 Å². The lowest BCUT2D eigenvalue weighted by Crippen LogP contribution is -2.25. The molecule has 0 amide bonds. The summed E-state index contributed by atoms with van der Waals surface area (Å²) in [6.45, 7) is 0.977. The zero-order valence-electron chi connectivity index (χ0n) is 5.60. The van der Waals surface area contributed by atoms with Crippen molar-refractivity contribution in [2.24, 2.45) is 0 Å². The number of hydrogen-bond donors (Lipinski definition) is 1. The highest BCUT2D eigenvalue weighted by Gasteiger charge is 2.18. The highest BCUT2D eigenvalue weighted by atomic mass is 35.5. The number of rotatable bonds is 0. The Balaban J connectivity index is 0.000000810. The van der Waals surface area contributed by atoms with Crippen LogP contribution in [0.2, 0.25) is 0 Å². The lowest BCUT2D eigenvalue weighted by Gasteiger charge is -1.99. The monoisotopic (exact) mass is 167 g/mol. The van der Waals surface area contributed by atoms with Gasteiger partial charge in [0.1, 0.15) is 0 Å². The number of hydrogen-bond acceptors (Lipinski definition) is 2. The second-order valence-corrected chi connectivity index (χ2v) is 2.24. The fourth-order valence-corrected chi connectivity index (χ4v) is 0.887. The number of carbonyl (C=O) groups excluding carboxylic acids is 1. The minimum Gasteiger partial charge on any atom is -0.313 e. The molecule has 0 aliphatic carbocycles. The van der Waals surface area contributed by atoms with Crippen molar-refractivity contribution in [1.29, 1.82) is 0 Å². The summed E-state index contributed by atoms with van der Waals surface area (Å²) in [5.74, 6) is -0.250. The maximum absolute atomic E-state index is 12.4. The van der Waals surface area contributed by atoms with Gasteiger partial charge in [-0.3, -0.25) is 4.79 Å². The number of halogens is 2. The summed E-state index contributed by atoms with van der Waals surface area (Å²) >= 11 is 0. The molecule has 1 aliphatic rings. The quantitative estimate of drug-likeness (QED) is 0.576. The number of carbonyl (C=O) groups is 1. The van der Waals surface area contributed by atoms with Crippen LogP contribution in [0.15, 0.2) is 0 Å². The van der Waals surface area contributed by atoms with Gasteiger partial charge >= 0.3 is 0 Å². The topological polar surface area (TPSA) is 29.1 Å². The summed E-state index contributed by atoms with van der Waals surface area (Å²) < 4.78 is 12.4. The van der Waals surface area contributed by atoms with E-state index in [0.29, 0.717) is 6.42 Å². The molecule has 0 aromatic rings. The van der Waals surface area contributed by atoms with Gasteiger partial charge in [-0.2, -0.15) is 0 Å². The molecule has 1 unspecified atom stereocenters. The summed E-state index contributed by atoms with van der Waals surface area (Å²) in [4.78, 5) is 10.6. The van der Waals surface area contributed by atoms with Crippen molar-refractivity contribution in [3.05, 3.63) is 0 Å². The van der Waals surface area contributed by atoms with Crippen molar-refractivity contribution in [1.82, 2.24) is 5.32 Å². The van der Waals surface area contributed by atoms with E-state index < -0.39 is 6.17 Å². The van der Waals surface area contributed by atoms with E-state index in [1.807, 2.05) is 0 Å². The number of Topliss-reactive ketones (excluding diaryl/α,β-unsaturated/α-hetero) is 1. The third kappa shape index (κ3) is 2.62. The highest BCUT2D eigenvalue weighted by molar-refractivity contribution is 5.85. The number of alkyl halides is 1. The Morgan fingerprint density at radius 2 is 2.30 bits per heavy atom. The lowest BCUT2D eigenvalue weighted by atomic mass is 10.2. The Kier molecular flexibility index (Phi) is 4.56. The Morgan fingerprint density at radius 1 is 1.60 bits per heavy atom. The molecule has 1 saturated heterocycles. The minimum absolute atomic E-state index is 0. The van der Waals surface area contributed by atoms with Crippen LogP contribution < -0.4 is 5.32 Å². The largest absolute Gasteiger partial charge is 0.313 e. The second kappa shape index (κ2) is 4.63. The van der Waals surface area contributed by atoms with Gasteiger partial charge in [-0.1, -0.05) is 0 Å². The average molecular weight is 168 g/mol. The summed E-state index contributed by atoms with van der Waals surface area (Å²) in [5.41, 5.74) is 0. The van der Waals surface area contributed by atoms with Gasteiger partial charge < -0.3 is 5.32 Å². The molecular weight excluding hydrogens is 157 g/mol. The number of nitrogens with one attached hydrogen (secondary N) is 1. The molecule has 1 aliphatic heterocycles. The molecule has 10 heavy (non-hydrogen) atoms. The molecule has 0 radical (unpaired) electrons. The SMILES string of the molecule is Cl.O=C1CCCNCC1F. The Hall–Kier alpha value is -0.150. The fourth-order valence-electron chi connectivity index (χ4n) is 0.887. The number of ketones is 1. The van der Waals surface area contributed by atoms with Crippen LogP contribution in [0.25, 0.3) is 0 Å². The van der Waals surface area contributed by atoms with E-state index in [0.717, 1.165) is 13.0 Å². The predicted molar refractivity (Wildman–Crippen MR) is 39.3 cm³/mol. The molecule has 0 aromatic heterocycles. The molecule has 60 valence electrons. The van der Waals surface area contributed by atoms with E-state index in [-0.39, 0.29) is 24.7 Å². The molecule has 1 fully saturated rings. The lowest BCUT2D eigenvalue weighted by molar-refractivity contribution is -0.123. The first-order chi connectivity index (χ1) is 4.30.